The number of likely N-dealkylation sites (N-methyl/N-ethyl adjacent to an activating group) is 1. The van der Waals surface area contributed by atoms with Crippen LogP contribution in [0.1, 0.15) is 40.0 Å². The van der Waals surface area contributed by atoms with Crippen LogP contribution in [0.2, 0.25) is 0 Å². The zero-order chi connectivity index (χ0) is 13.1. The van der Waals surface area contributed by atoms with Crippen molar-refractivity contribution in [2.24, 2.45) is 5.92 Å². The molecule has 1 unspecified atom stereocenters. The van der Waals surface area contributed by atoms with E-state index in [0.717, 1.165) is 12.8 Å². The fourth-order valence-corrected chi connectivity index (χ4v) is 1.89. The van der Waals surface area contributed by atoms with Crippen LogP contribution in [0.15, 0.2) is 0 Å². The molecule has 17 heavy (non-hydrogen) atoms. The van der Waals surface area contributed by atoms with Crippen LogP contribution in [0.5, 0.6) is 0 Å². The molecule has 0 spiro atoms. The molecule has 0 aromatic heterocycles. The number of carboxylic acids is 1. The van der Waals surface area contributed by atoms with Gasteiger partial charge in [-0.1, -0.05) is 6.92 Å². The molecule has 0 aromatic carbocycles. The molecule has 1 rings (SSSR count). The van der Waals surface area contributed by atoms with Crippen molar-refractivity contribution in [3.05, 3.63) is 0 Å². The summed E-state index contributed by atoms with van der Waals surface area (Å²) < 4.78 is 0. The van der Waals surface area contributed by atoms with E-state index in [0.29, 0.717) is 12.5 Å². The summed E-state index contributed by atoms with van der Waals surface area (Å²) in [4.78, 5) is 22.7. The van der Waals surface area contributed by atoms with E-state index in [1.807, 2.05) is 6.92 Å². The molecule has 0 saturated heterocycles. The number of hydrogen-bond donors (Lipinski definition) is 3. The molecule has 1 aliphatic carbocycles. The molecule has 1 fully saturated rings. The number of nitrogens with one attached hydrogen (secondary N) is 2. The van der Waals surface area contributed by atoms with Gasteiger partial charge in [0.25, 0.3) is 0 Å². The lowest BCUT2D eigenvalue weighted by Gasteiger charge is -2.27. The van der Waals surface area contributed by atoms with E-state index in [4.69, 9.17) is 5.11 Å². The third kappa shape index (κ3) is 4.34. The lowest BCUT2D eigenvalue weighted by molar-refractivity contribution is -0.138. The number of carbonyl (C=O) groups excluding carboxylic acids is 1. The highest BCUT2D eigenvalue weighted by molar-refractivity contribution is 5.86. The van der Waals surface area contributed by atoms with Gasteiger partial charge in [-0.25, -0.2) is 0 Å². The summed E-state index contributed by atoms with van der Waals surface area (Å²) in [5.41, 5.74) is -0.652. The van der Waals surface area contributed by atoms with Gasteiger partial charge in [0.05, 0.1) is 12.0 Å². The topological polar surface area (TPSA) is 78.4 Å². The van der Waals surface area contributed by atoms with Gasteiger partial charge in [-0.05, 0) is 39.2 Å². The third-order valence-corrected chi connectivity index (χ3v) is 3.09. The summed E-state index contributed by atoms with van der Waals surface area (Å²) in [7, 11) is 0. The van der Waals surface area contributed by atoms with Gasteiger partial charge in [0.2, 0.25) is 5.91 Å². The number of hydrogen-bond acceptors (Lipinski definition) is 3. The molecule has 0 radical (unpaired) electrons. The summed E-state index contributed by atoms with van der Waals surface area (Å²) in [6, 6.07) is -0.224. The Labute approximate surface area is 102 Å². The average Bonchev–Trinajstić information content (AvgIpc) is 2.98. The molecule has 3 N–H and O–H groups in total. The Morgan fingerprint density at radius 2 is 2.00 bits per heavy atom. The molecule has 1 aliphatic rings. The number of carboxylic acid groups (broad SMARTS) is 1. The molecular formula is C12H22N2O3. The van der Waals surface area contributed by atoms with E-state index in [9.17, 15) is 9.59 Å². The van der Waals surface area contributed by atoms with Crippen LogP contribution in [0.25, 0.3) is 0 Å². The number of amides is 1. The summed E-state index contributed by atoms with van der Waals surface area (Å²) in [5, 5.41) is 14.7. The van der Waals surface area contributed by atoms with Crippen molar-refractivity contribution in [3.8, 4) is 0 Å². The van der Waals surface area contributed by atoms with Gasteiger partial charge in [-0.15, -0.1) is 0 Å². The van der Waals surface area contributed by atoms with Gasteiger partial charge in [-0.3, -0.25) is 9.59 Å². The van der Waals surface area contributed by atoms with Gasteiger partial charge in [0.15, 0.2) is 0 Å². The highest BCUT2D eigenvalue weighted by Crippen LogP contribution is 2.34. The fraction of sp³-hybridized carbons (Fsp3) is 0.833. The van der Waals surface area contributed by atoms with E-state index in [2.05, 4.69) is 10.6 Å². The largest absolute Gasteiger partial charge is 0.481 e. The first kappa shape index (κ1) is 14.0. The number of aliphatic carboxylic acids is 1. The van der Waals surface area contributed by atoms with Crippen LogP contribution in [0, 0.1) is 5.92 Å². The lowest BCUT2D eigenvalue weighted by Crippen LogP contribution is -2.55. The van der Waals surface area contributed by atoms with Crippen molar-refractivity contribution in [3.63, 3.8) is 0 Å². The Kier molecular flexibility index (Phi) is 4.51. The monoisotopic (exact) mass is 242 g/mol. The first-order valence-electron chi connectivity index (χ1n) is 6.14. The predicted molar refractivity (Wildman–Crippen MR) is 64.7 cm³/mol. The normalized spacial score (nSPS) is 17.6. The summed E-state index contributed by atoms with van der Waals surface area (Å²) in [6.45, 7) is 6.24. The van der Waals surface area contributed by atoms with Crippen LogP contribution < -0.4 is 10.6 Å². The second-order valence-electron chi connectivity index (χ2n) is 5.17. The van der Waals surface area contributed by atoms with Gasteiger partial charge in [0.1, 0.15) is 0 Å². The summed E-state index contributed by atoms with van der Waals surface area (Å²) in [6.07, 6.45) is 2.04. The molecule has 5 heteroatoms. The van der Waals surface area contributed by atoms with E-state index < -0.39 is 11.5 Å². The molecular weight excluding hydrogens is 220 g/mol. The highest BCUT2D eigenvalue weighted by Gasteiger charge is 2.36. The van der Waals surface area contributed by atoms with Crippen molar-refractivity contribution >= 4 is 11.9 Å². The van der Waals surface area contributed by atoms with E-state index in [1.54, 1.807) is 13.8 Å². The van der Waals surface area contributed by atoms with Crippen LogP contribution in [-0.2, 0) is 9.59 Å². The average molecular weight is 242 g/mol. The van der Waals surface area contributed by atoms with Gasteiger partial charge in [0, 0.05) is 6.04 Å². The third-order valence-electron chi connectivity index (χ3n) is 3.09. The van der Waals surface area contributed by atoms with Gasteiger partial charge in [-0.2, -0.15) is 0 Å². The Morgan fingerprint density at radius 3 is 2.41 bits per heavy atom. The molecule has 0 aromatic rings. The van der Waals surface area contributed by atoms with E-state index in [1.165, 1.54) is 0 Å². The van der Waals surface area contributed by atoms with Crippen LogP contribution in [-0.4, -0.2) is 35.1 Å². The minimum absolute atomic E-state index is 0.0125. The van der Waals surface area contributed by atoms with Crippen LogP contribution >= 0.6 is 0 Å². The molecule has 0 heterocycles. The van der Waals surface area contributed by atoms with Crippen molar-refractivity contribution in [1.29, 1.82) is 0 Å². The smallest absolute Gasteiger partial charge is 0.305 e. The minimum atomic E-state index is -0.858. The highest BCUT2D eigenvalue weighted by atomic mass is 16.4. The molecule has 0 bridgehead atoms. The molecule has 98 valence electrons. The van der Waals surface area contributed by atoms with Gasteiger partial charge < -0.3 is 15.7 Å². The van der Waals surface area contributed by atoms with E-state index in [-0.39, 0.29) is 18.4 Å². The molecule has 1 amide bonds. The van der Waals surface area contributed by atoms with Crippen molar-refractivity contribution in [1.82, 2.24) is 10.6 Å². The van der Waals surface area contributed by atoms with Crippen LogP contribution in [0.4, 0.5) is 0 Å². The van der Waals surface area contributed by atoms with E-state index >= 15 is 0 Å². The zero-order valence-corrected chi connectivity index (χ0v) is 10.7. The maximum absolute atomic E-state index is 12.0. The predicted octanol–water partition coefficient (Wildman–Crippen LogP) is 0.744. The van der Waals surface area contributed by atoms with Crippen LogP contribution in [0.3, 0.4) is 0 Å². The summed E-state index contributed by atoms with van der Waals surface area (Å²) >= 11 is 0. The van der Waals surface area contributed by atoms with Crippen molar-refractivity contribution in [2.45, 2.75) is 51.6 Å². The molecule has 1 atom stereocenters. The minimum Gasteiger partial charge on any atom is -0.481 e. The number of carbonyl (C=O) groups is 2. The Balaban J connectivity index is 2.54. The number of rotatable bonds is 7. The first-order chi connectivity index (χ1) is 7.86. The Morgan fingerprint density at radius 1 is 1.41 bits per heavy atom. The standard InChI is InChI=1S/C12H22N2O3/c1-4-13-12(2,3)11(17)14-9(7-10(15)16)8-5-6-8/h8-9,13H,4-7H2,1-3H3,(H,14,17)(H,15,16). The molecule has 5 nitrogen and oxygen atoms in total. The molecule has 1 saturated carbocycles. The summed E-state index contributed by atoms with van der Waals surface area (Å²) in [5.74, 6) is -0.645. The zero-order valence-electron chi connectivity index (χ0n) is 10.7. The maximum Gasteiger partial charge on any atom is 0.305 e. The molecule has 0 aliphatic heterocycles. The fourth-order valence-electron chi connectivity index (χ4n) is 1.89. The second-order valence-corrected chi connectivity index (χ2v) is 5.17. The Hall–Kier alpha value is -1.10. The maximum atomic E-state index is 12.0. The van der Waals surface area contributed by atoms with Crippen molar-refractivity contribution < 1.29 is 14.7 Å². The quantitative estimate of drug-likeness (QED) is 0.615. The SMILES string of the molecule is CCNC(C)(C)C(=O)NC(CC(=O)O)C1CC1. The van der Waals surface area contributed by atoms with Gasteiger partial charge >= 0.3 is 5.97 Å². The first-order valence-corrected chi connectivity index (χ1v) is 6.14. The van der Waals surface area contributed by atoms with Crippen molar-refractivity contribution in [2.75, 3.05) is 6.54 Å². The Bertz CT molecular complexity index is 298. The second kappa shape index (κ2) is 5.49. The lowest BCUT2D eigenvalue weighted by atomic mass is 10.0.